The normalized spacial score (nSPS) is 16.2. The zero-order valence-corrected chi connectivity index (χ0v) is 20.9. The van der Waals surface area contributed by atoms with Gasteiger partial charge in [0, 0.05) is 0 Å². The third kappa shape index (κ3) is 6.14. The van der Waals surface area contributed by atoms with E-state index in [4.69, 9.17) is 9.47 Å². The summed E-state index contributed by atoms with van der Waals surface area (Å²) in [6, 6.07) is 6.29. The van der Waals surface area contributed by atoms with Crippen molar-refractivity contribution in [3.63, 3.8) is 0 Å². The molecule has 0 saturated carbocycles. The molecule has 1 N–H and O–H groups in total. The number of benzene rings is 1. The lowest BCUT2D eigenvalue weighted by molar-refractivity contribution is -0.0235. The van der Waals surface area contributed by atoms with Gasteiger partial charge in [-0.05, 0) is 70.1 Å². The zero-order chi connectivity index (χ0) is 23.8. The average Bonchev–Trinajstić information content (AvgIpc) is 2.53. The highest BCUT2D eigenvalue weighted by Crippen LogP contribution is 2.41. The van der Waals surface area contributed by atoms with Gasteiger partial charge in [0.2, 0.25) is 0 Å². The van der Waals surface area contributed by atoms with Gasteiger partial charge in [-0.3, -0.25) is 0 Å². The Morgan fingerprint density at radius 1 is 0.903 bits per heavy atom. The van der Waals surface area contributed by atoms with E-state index in [-0.39, 0.29) is 17.9 Å². The van der Waals surface area contributed by atoms with Crippen LogP contribution >= 0.6 is 0 Å². The van der Waals surface area contributed by atoms with Crippen LogP contribution in [0.2, 0.25) is 0 Å². The van der Waals surface area contributed by atoms with E-state index in [0.29, 0.717) is 13.1 Å². The molecule has 0 radical (unpaired) electrons. The van der Waals surface area contributed by atoms with E-state index >= 15 is 0 Å². The number of hydrogen-bond donors (Lipinski definition) is 1. The topological polar surface area (TPSA) is 67.9 Å². The highest BCUT2D eigenvalue weighted by atomic mass is 16.6. The van der Waals surface area contributed by atoms with E-state index in [0.717, 1.165) is 5.56 Å². The second-order valence-corrected chi connectivity index (χ2v) is 11.2. The predicted octanol–water partition coefficient (Wildman–Crippen LogP) is 5.90. The van der Waals surface area contributed by atoms with E-state index in [2.05, 4.69) is 51.2 Å². The standard InChI is InChI=1S/C25H40N2O4/c1-16(2)18-12-11-13-19(17(3)4)20(18)25(26-21(28)30-23(5,6)7)14-27(15-25)22(29)31-24(8,9)10/h11-13,16-17H,14-15H2,1-10H3,(H,26,28). The molecule has 1 aliphatic heterocycles. The van der Waals surface area contributed by atoms with Crippen LogP contribution in [0.3, 0.4) is 0 Å². The van der Waals surface area contributed by atoms with Crippen LogP contribution in [0.1, 0.15) is 97.8 Å². The van der Waals surface area contributed by atoms with Gasteiger partial charge in [0.1, 0.15) is 16.7 Å². The zero-order valence-electron chi connectivity index (χ0n) is 20.9. The Balaban J connectivity index is 2.49. The fourth-order valence-corrected chi connectivity index (χ4v) is 3.96. The van der Waals surface area contributed by atoms with Crippen molar-refractivity contribution in [2.75, 3.05) is 13.1 Å². The monoisotopic (exact) mass is 432 g/mol. The number of amides is 2. The smallest absolute Gasteiger partial charge is 0.410 e. The van der Waals surface area contributed by atoms with Crippen LogP contribution in [0.4, 0.5) is 9.59 Å². The molecule has 0 aliphatic carbocycles. The van der Waals surface area contributed by atoms with Crippen LogP contribution in [0.15, 0.2) is 18.2 Å². The fraction of sp³-hybridized carbons (Fsp3) is 0.680. The Bertz CT molecular complexity index is 784. The van der Waals surface area contributed by atoms with E-state index in [1.807, 2.05) is 41.5 Å². The molecule has 6 heteroatoms. The number of likely N-dealkylation sites (tertiary alicyclic amines) is 1. The number of alkyl carbamates (subject to hydrolysis) is 1. The molecule has 0 aromatic heterocycles. The number of nitrogens with one attached hydrogen (secondary N) is 1. The quantitative estimate of drug-likeness (QED) is 0.643. The van der Waals surface area contributed by atoms with Gasteiger partial charge in [-0.1, -0.05) is 45.9 Å². The molecule has 1 heterocycles. The number of hydrogen-bond acceptors (Lipinski definition) is 4. The molecule has 31 heavy (non-hydrogen) atoms. The molecule has 0 unspecified atom stereocenters. The Labute approximate surface area is 187 Å². The Kier molecular flexibility index (Phi) is 7.03. The minimum Gasteiger partial charge on any atom is -0.444 e. The van der Waals surface area contributed by atoms with Crippen LogP contribution < -0.4 is 5.32 Å². The molecular formula is C25H40N2O4. The summed E-state index contributed by atoms with van der Waals surface area (Å²) in [5, 5.41) is 3.13. The van der Waals surface area contributed by atoms with Gasteiger partial charge in [-0.15, -0.1) is 0 Å². The molecule has 2 rings (SSSR count). The first-order chi connectivity index (χ1) is 14.0. The highest BCUT2D eigenvalue weighted by molar-refractivity contribution is 5.74. The van der Waals surface area contributed by atoms with Crippen LogP contribution in [-0.4, -0.2) is 41.4 Å². The van der Waals surface area contributed by atoms with Crippen molar-refractivity contribution in [3.8, 4) is 0 Å². The maximum Gasteiger partial charge on any atom is 0.410 e. The number of nitrogens with zero attached hydrogens (tertiary/aromatic N) is 1. The van der Waals surface area contributed by atoms with E-state index in [1.165, 1.54) is 11.1 Å². The number of carbonyl (C=O) groups is 2. The largest absolute Gasteiger partial charge is 0.444 e. The van der Waals surface area contributed by atoms with Gasteiger partial charge in [-0.25, -0.2) is 9.59 Å². The van der Waals surface area contributed by atoms with Crippen LogP contribution in [0.25, 0.3) is 0 Å². The third-order valence-electron chi connectivity index (χ3n) is 5.16. The molecule has 6 nitrogen and oxygen atoms in total. The Morgan fingerprint density at radius 3 is 1.74 bits per heavy atom. The molecule has 1 aromatic carbocycles. The summed E-state index contributed by atoms with van der Waals surface area (Å²) in [7, 11) is 0. The van der Waals surface area contributed by atoms with Crippen molar-refractivity contribution in [1.29, 1.82) is 0 Å². The maximum absolute atomic E-state index is 12.8. The van der Waals surface area contributed by atoms with Crippen molar-refractivity contribution < 1.29 is 19.1 Å². The first-order valence-corrected chi connectivity index (χ1v) is 11.2. The molecule has 1 aromatic rings. The summed E-state index contributed by atoms with van der Waals surface area (Å²) >= 11 is 0. The lowest BCUT2D eigenvalue weighted by Crippen LogP contribution is -2.70. The lowest BCUT2D eigenvalue weighted by atomic mass is 9.73. The van der Waals surface area contributed by atoms with Crippen molar-refractivity contribution in [3.05, 3.63) is 34.9 Å². The molecule has 2 amide bonds. The highest BCUT2D eigenvalue weighted by Gasteiger charge is 2.51. The van der Waals surface area contributed by atoms with Gasteiger partial charge >= 0.3 is 12.2 Å². The number of rotatable bonds is 4. The van der Waals surface area contributed by atoms with Crippen LogP contribution in [0, 0.1) is 0 Å². The van der Waals surface area contributed by atoms with Crippen LogP contribution in [-0.2, 0) is 15.0 Å². The molecule has 0 spiro atoms. The number of ether oxygens (including phenoxy) is 2. The second-order valence-electron chi connectivity index (χ2n) is 11.2. The minimum absolute atomic E-state index is 0.265. The van der Waals surface area contributed by atoms with Crippen LogP contribution in [0.5, 0.6) is 0 Å². The molecule has 0 bridgehead atoms. The Morgan fingerprint density at radius 2 is 1.35 bits per heavy atom. The first kappa shape index (κ1) is 25.0. The molecule has 1 fully saturated rings. The van der Waals surface area contributed by atoms with E-state index < -0.39 is 22.8 Å². The van der Waals surface area contributed by atoms with Crippen molar-refractivity contribution >= 4 is 12.2 Å². The van der Waals surface area contributed by atoms with Crippen molar-refractivity contribution in [2.24, 2.45) is 0 Å². The van der Waals surface area contributed by atoms with Gasteiger partial charge in [0.05, 0.1) is 13.1 Å². The van der Waals surface area contributed by atoms with E-state index in [9.17, 15) is 9.59 Å². The molecule has 1 aliphatic rings. The molecule has 174 valence electrons. The number of carbonyl (C=O) groups excluding carboxylic acids is 2. The van der Waals surface area contributed by atoms with Gasteiger partial charge in [0.25, 0.3) is 0 Å². The van der Waals surface area contributed by atoms with Crippen molar-refractivity contribution in [2.45, 2.75) is 97.8 Å². The summed E-state index contributed by atoms with van der Waals surface area (Å²) in [6.07, 6.45) is -0.855. The van der Waals surface area contributed by atoms with Crippen molar-refractivity contribution in [1.82, 2.24) is 10.2 Å². The minimum atomic E-state index is -0.723. The first-order valence-electron chi connectivity index (χ1n) is 11.2. The lowest BCUT2D eigenvalue weighted by Gasteiger charge is -2.52. The summed E-state index contributed by atoms with van der Waals surface area (Å²) in [6.45, 7) is 20.3. The summed E-state index contributed by atoms with van der Waals surface area (Å²) in [5.74, 6) is 0.531. The average molecular weight is 433 g/mol. The summed E-state index contributed by atoms with van der Waals surface area (Å²) in [4.78, 5) is 27.2. The fourth-order valence-electron chi connectivity index (χ4n) is 3.96. The molecule has 1 saturated heterocycles. The molecule has 0 atom stereocenters. The SMILES string of the molecule is CC(C)c1cccc(C(C)C)c1C1(NC(=O)OC(C)(C)C)CN(C(=O)OC(C)(C)C)C1. The molecular weight excluding hydrogens is 392 g/mol. The van der Waals surface area contributed by atoms with Gasteiger partial charge < -0.3 is 19.7 Å². The Hall–Kier alpha value is -2.24. The maximum atomic E-state index is 12.8. The summed E-state index contributed by atoms with van der Waals surface area (Å²) in [5.41, 5.74) is 1.52. The summed E-state index contributed by atoms with van der Waals surface area (Å²) < 4.78 is 11.1. The van der Waals surface area contributed by atoms with Gasteiger partial charge in [-0.2, -0.15) is 0 Å². The third-order valence-corrected chi connectivity index (χ3v) is 5.16. The second kappa shape index (κ2) is 8.71. The van der Waals surface area contributed by atoms with Gasteiger partial charge in [0.15, 0.2) is 0 Å². The predicted molar refractivity (Wildman–Crippen MR) is 123 cm³/mol. The van der Waals surface area contributed by atoms with E-state index in [1.54, 1.807) is 4.90 Å².